The lowest BCUT2D eigenvalue weighted by molar-refractivity contribution is -0.117. The van der Waals surface area contributed by atoms with Gasteiger partial charge in [0.15, 0.2) is 0 Å². The lowest BCUT2D eigenvalue weighted by Gasteiger charge is -2.03. The third-order valence-corrected chi connectivity index (χ3v) is 2.60. The van der Waals surface area contributed by atoms with Crippen molar-refractivity contribution in [2.45, 2.75) is 6.42 Å². The van der Waals surface area contributed by atoms with Crippen LogP contribution in [0.15, 0.2) is 30.3 Å². The van der Waals surface area contributed by atoms with Gasteiger partial charge in [0.1, 0.15) is 0 Å². The summed E-state index contributed by atoms with van der Waals surface area (Å²) in [6.45, 7) is 0.618. The van der Waals surface area contributed by atoms with Gasteiger partial charge in [0.2, 0.25) is 5.91 Å². The average Bonchev–Trinajstić information content (AvgIpc) is 2.98. The molecule has 74 valence electrons. The van der Waals surface area contributed by atoms with Crippen molar-refractivity contribution >= 4 is 11.6 Å². The summed E-state index contributed by atoms with van der Waals surface area (Å²) in [4.78, 5) is 11.6. The Hall–Kier alpha value is -1.35. The molecular weight excluding hydrogens is 176 g/mol. The second-order valence-electron chi connectivity index (χ2n) is 3.69. The summed E-state index contributed by atoms with van der Waals surface area (Å²) in [7, 11) is 0. The van der Waals surface area contributed by atoms with E-state index in [1.54, 1.807) is 0 Å². The molecule has 0 aliphatic heterocycles. The van der Waals surface area contributed by atoms with Gasteiger partial charge < -0.3 is 11.1 Å². The Bertz CT molecular complexity index is 323. The van der Waals surface area contributed by atoms with Crippen LogP contribution >= 0.6 is 0 Å². The van der Waals surface area contributed by atoms with Crippen molar-refractivity contribution in [2.24, 2.45) is 17.6 Å². The highest BCUT2D eigenvalue weighted by atomic mass is 16.2. The van der Waals surface area contributed by atoms with E-state index in [0.29, 0.717) is 12.5 Å². The number of carbonyl (C=O) groups excluding carboxylic acids is 1. The minimum absolute atomic E-state index is 0.103. The fourth-order valence-corrected chi connectivity index (χ4v) is 1.59. The second kappa shape index (κ2) is 3.80. The first-order valence-electron chi connectivity index (χ1n) is 4.87. The molecule has 0 bridgehead atoms. The zero-order valence-electron chi connectivity index (χ0n) is 7.94. The zero-order valence-corrected chi connectivity index (χ0v) is 7.94. The SMILES string of the molecule is NCC1CC1C(=O)Nc1ccccc1. The monoisotopic (exact) mass is 190 g/mol. The first-order valence-corrected chi connectivity index (χ1v) is 4.87. The molecule has 1 aromatic rings. The lowest BCUT2D eigenvalue weighted by atomic mass is 10.2. The van der Waals surface area contributed by atoms with Gasteiger partial charge >= 0.3 is 0 Å². The summed E-state index contributed by atoms with van der Waals surface area (Å²) < 4.78 is 0. The number of anilines is 1. The predicted molar refractivity (Wildman–Crippen MR) is 55.7 cm³/mol. The van der Waals surface area contributed by atoms with Crippen LogP contribution < -0.4 is 11.1 Å². The van der Waals surface area contributed by atoms with Crippen LogP contribution in [-0.4, -0.2) is 12.5 Å². The van der Waals surface area contributed by atoms with Crippen molar-refractivity contribution in [2.75, 3.05) is 11.9 Å². The summed E-state index contributed by atoms with van der Waals surface area (Å²) in [6, 6.07) is 9.51. The zero-order chi connectivity index (χ0) is 9.97. The highest BCUT2D eigenvalue weighted by molar-refractivity contribution is 5.94. The number of hydrogen-bond acceptors (Lipinski definition) is 2. The van der Waals surface area contributed by atoms with Crippen molar-refractivity contribution in [1.82, 2.24) is 0 Å². The van der Waals surface area contributed by atoms with Gasteiger partial charge in [-0.05, 0) is 31.0 Å². The molecule has 3 heteroatoms. The number of hydrogen-bond donors (Lipinski definition) is 2. The lowest BCUT2D eigenvalue weighted by Crippen LogP contribution is -2.16. The minimum Gasteiger partial charge on any atom is -0.330 e. The standard InChI is InChI=1S/C11H14N2O/c12-7-8-6-10(8)11(14)13-9-4-2-1-3-5-9/h1-5,8,10H,6-7,12H2,(H,13,14). The first kappa shape index (κ1) is 9.21. The Labute approximate surface area is 83.3 Å². The van der Waals surface area contributed by atoms with Crippen molar-refractivity contribution in [1.29, 1.82) is 0 Å². The number of amides is 1. The fraction of sp³-hybridized carbons (Fsp3) is 0.364. The largest absolute Gasteiger partial charge is 0.330 e. The van der Waals surface area contributed by atoms with Crippen LogP contribution in [0.1, 0.15) is 6.42 Å². The number of para-hydroxylation sites is 1. The number of rotatable bonds is 3. The molecule has 2 atom stereocenters. The Morgan fingerprint density at radius 2 is 2.14 bits per heavy atom. The van der Waals surface area contributed by atoms with Crippen molar-refractivity contribution in [3.8, 4) is 0 Å². The van der Waals surface area contributed by atoms with Gasteiger partial charge in [0.25, 0.3) is 0 Å². The highest BCUT2D eigenvalue weighted by Crippen LogP contribution is 2.38. The Morgan fingerprint density at radius 3 is 2.71 bits per heavy atom. The topological polar surface area (TPSA) is 55.1 Å². The third-order valence-electron chi connectivity index (χ3n) is 2.60. The molecule has 0 spiro atoms. The van der Waals surface area contributed by atoms with Crippen molar-refractivity contribution in [3.05, 3.63) is 30.3 Å². The van der Waals surface area contributed by atoms with E-state index in [9.17, 15) is 4.79 Å². The minimum atomic E-state index is 0.103. The number of benzene rings is 1. The Morgan fingerprint density at radius 1 is 1.43 bits per heavy atom. The Kier molecular flexibility index (Phi) is 2.50. The molecule has 2 rings (SSSR count). The van der Waals surface area contributed by atoms with Crippen molar-refractivity contribution < 1.29 is 4.79 Å². The van der Waals surface area contributed by atoms with Gasteiger partial charge in [-0.25, -0.2) is 0 Å². The quantitative estimate of drug-likeness (QED) is 0.753. The normalized spacial score (nSPS) is 24.4. The number of nitrogens with two attached hydrogens (primary N) is 1. The van der Waals surface area contributed by atoms with Gasteiger partial charge in [-0.2, -0.15) is 0 Å². The highest BCUT2D eigenvalue weighted by Gasteiger charge is 2.41. The molecule has 1 aliphatic rings. The van der Waals surface area contributed by atoms with E-state index in [0.717, 1.165) is 12.1 Å². The Balaban J connectivity index is 1.90. The van der Waals surface area contributed by atoms with E-state index in [4.69, 9.17) is 5.73 Å². The molecule has 1 saturated carbocycles. The summed E-state index contributed by atoms with van der Waals surface area (Å²) in [5.41, 5.74) is 6.34. The molecule has 2 unspecified atom stereocenters. The number of nitrogens with one attached hydrogen (secondary N) is 1. The molecule has 0 aromatic heterocycles. The molecule has 0 saturated heterocycles. The van der Waals surface area contributed by atoms with Gasteiger partial charge in [-0.1, -0.05) is 18.2 Å². The van der Waals surface area contributed by atoms with Crippen LogP contribution in [-0.2, 0) is 4.79 Å². The van der Waals surface area contributed by atoms with E-state index < -0.39 is 0 Å². The molecule has 1 aliphatic carbocycles. The van der Waals surface area contributed by atoms with Gasteiger partial charge in [-0.15, -0.1) is 0 Å². The second-order valence-corrected chi connectivity index (χ2v) is 3.69. The average molecular weight is 190 g/mol. The van der Waals surface area contributed by atoms with Crippen LogP contribution in [0.25, 0.3) is 0 Å². The smallest absolute Gasteiger partial charge is 0.227 e. The van der Waals surface area contributed by atoms with Crippen LogP contribution in [0.5, 0.6) is 0 Å². The van der Waals surface area contributed by atoms with Crippen molar-refractivity contribution in [3.63, 3.8) is 0 Å². The summed E-state index contributed by atoms with van der Waals surface area (Å²) in [6.07, 6.45) is 0.940. The van der Waals surface area contributed by atoms with Gasteiger partial charge in [0, 0.05) is 11.6 Å². The summed E-state index contributed by atoms with van der Waals surface area (Å²) >= 11 is 0. The molecule has 1 amide bonds. The fourth-order valence-electron chi connectivity index (χ4n) is 1.59. The van der Waals surface area contributed by atoms with E-state index in [-0.39, 0.29) is 11.8 Å². The van der Waals surface area contributed by atoms with Crippen LogP contribution in [0.3, 0.4) is 0 Å². The van der Waals surface area contributed by atoms with E-state index in [1.165, 1.54) is 0 Å². The molecule has 1 aromatic carbocycles. The maximum absolute atomic E-state index is 11.6. The predicted octanol–water partition coefficient (Wildman–Crippen LogP) is 1.22. The van der Waals surface area contributed by atoms with Crippen LogP contribution in [0.2, 0.25) is 0 Å². The van der Waals surface area contributed by atoms with E-state index in [1.807, 2.05) is 30.3 Å². The van der Waals surface area contributed by atoms with Gasteiger partial charge in [0.05, 0.1) is 0 Å². The summed E-state index contributed by atoms with van der Waals surface area (Å²) in [5.74, 6) is 0.644. The van der Waals surface area contributed by atoms with Gasteiger partial charge in [-0.3, -0.25) is 4.79 Å². The van der Waals surface area contributed by atoms with E-state index >= 15 is 0 Å². The van der Waals surface area contributed by atoms with Crippen LogP contribution in [0.4, 0.5) is 5.69 Å². The molecule has 0 heterocycles. The first-order chi connectivity index (χ1) is 6.81. The third kappa shape index (κ3) is 1.93. The molecule has 3 nitrogen and oxygen atoms in total. The van der Waals surface area contributed by atoms with Crippen LogP contribution in [0, 0.1) is 11.8 Å². The maximum atomic E-state index is 11.6. The molecular formula is C11H14N2O. The molecule has 0 radical (unpaired) electrons. The molecule has 3 N–H and O–H groups in total. The molecule has 14 heavy (non-hydrogen) atoms. The van der Waals surface area contributed by atoms with E-state index in [2.05, 4.69) is 5.32 Å². The number of carbonyl (C=O) groups is 1. The maximum Gasteiger partial charge on any atom is 0.227 e. The molecule has 1 fully saturated rings. The summed E-state index contributed by atoms with van der Waals surface area (Å²) in [5, 5.41) is 2.87.